The average Bonchev–Trinajstić information content (AvgIpc) is 3.13. The highest BCUT2D eigenvalue weighted by Crippen LogP contribution is 2.39. The number of amides is 2. The Morgan fingerprint density at radius 3 is 2.15 bits per heavy atom. The van der Waals surface area contributed by atoms with Gasteiger partial charge in [-0.3, -0.25) is 9.59 Å². The molecule has 0 fully saturated rings. The van der Waals surface area contributed by atoms with Gasteiger partial charge in [-0.25, -0.2) is 4.90 Å². The molecule has 3 aromatic rings. The maximum atomic E-state index is 13.9. The summed E-state index contributed by atoms with van der Waals surface area (Å²) in [5.41, 5.74) is 3.94. The molecule has 4 rings (SSSR count). The van der Waals surface area contributed by atoms with Gasteiger partial charge in [-0.15, -0.1) is 0 Å². The van der Waals surface area contributed by atoms with Crippen LogP contribution in [0.15, 0.2) is 84.6 Å². The van der Waals surface area contributed by atoms with Gasteiger partial charge in [-0.1, -0.05) is 61.9 Å². The molecule has 0 N–H and O–H groups in total. The lowest BCUT2D eigenvalue weighted by atomic mass is 10.0. The second-order valence-corrected chi connectivity index (χ2v) is 8.22. The Bertz CT molecular complexity index is 1200. The zero-order chi connectivity index (χ0) is 24.1. The molecule has 0 aliphatic carbocycles. The summed E-state index contributed by atoms with van der Waals surface area (Å²) in [6, 6.07) is 24.7. The first-order valence-electron chi connectivity index (χ1n) is 11.8. The summed E-state index contributed by atoms with van der Waals surface area (Å²) in [5, 5.41) is 0. The molecule has 3 aromatic carbocycles. The van der Waals surface area contributed by atoms with Crippen LogP contribution in [0.4, 0.5) is 11.4 Å². The standard InChI is InChI=1S/C29H30N2O3/c1-4-6-12-21-17-19-23(20-18-21)31-28(32)26(24-15-10-11-16-25(24)34-3)27(29(31)33)30(5-2)22-13-8-7-9-14-22/h7-11,13-20H,4-6,12H2,1-3H3. The number of methoxy groups -OCH3 is 1. The summed E-state index contributed by atoms with van der Waals surface area (Å²) >= 11 is 0. The van der Waals surface area contributed by atoms with Crippen molar-refractivity contribution in [2.24, 2.45) is 0 Å². The van der Waals surface area contributed by atoms with Gasteiger partial charge in [0, 0.05) is 17.8 Å². The topological polar surface area (TPSA) is 49.9 Å². The van der Waals surface area contributed by atoms with E-state index in [1.54, 1.807) is 7.11 Å². The van der Waals surface area contributed by atoms with Crippen molar-refractivity contribution < 1.29 is 14.3 Å². The fraction of sp³-hybridized carbons (Fsp3) is 0.241. The van der Waals surface area contributed by atoms with E-state index in [-0.39, 0.29) is 11.8 Å². The molecule has 5 nitrogen and oxygen atoms in total. The smallest absolute Gasteiger partial charge is 0.282 e. The lowest BCUT2D eigenvalue weighted by Gasteiger charge is -2.25. The molecule has 1 heterocycles. The highest BCUT2D eigenvalue weighted by atomic mass is 16.5. The van der Waals surface area contributed by atoms with Gasteiger partial charge in [0.1, 0.15) is 11.4 Å². The summed E-state index contributed by atoms with van der Waals surface area (Å²) in [7, 11) is 1.57. The van der Waals surface area contributed by atoms with Crippen LogP contribution in [-0.2, 0) is 16.0 Å². The number of unbranched alkanes of at least 4 members (excludes halogenated alkanes) is 1. The maximum Gasteiger partial charge on any atom is 0.282 e. The second kappa shape index (κ2) is 10.4. The van der Waals surface area contributed by atoms with Crippen LogP contribution in [0.5, 0.6) is 5.75 Å². The SMILES string of the molecule is CCCCc1ccc(N2C(=O)C(c3ccccc3OC)=C(N(CC)c3ccccc3)C2=O)cc1. The molecule has 34 heavy (non-hydrogen) atoms. The molecule has 0 aromatic heterocycles. The first-order valence-corrected chi connectivity index (χ1v) is 11.8. The third-order valence-electron chi connectivity index (χ3n) is 6.10. The lowest BCUT2D eigenvalue weighted by molar-refractivity contribution is -0.120. The van der Waals surface area contributed by atoms with E-state index in [9.17, 15) is 9.59 Å². The Balaban J connectivity index is 1.84. The van der Waals surface area contributed by atoms with Crippen molar-refractivity contribution in [3.8, 4) is 5.75 Å². The highest BCUT2D eigenvalue weighted by molar-refractivity contribution is 6.46. The summed E-state index contributed by atoms with van der Waals surface area (Å²) in [6.07, 6.45) is 3.20. The van der Waals surface area contributed by atoms with Gasteiger partial charge in [-0.2, -0.15) is 0 Å². The second-order valence-electron chi connectivity index (χ2n) is 8.22. The predicted molar refractivity (Wildman–Crippen MR) is 137 cm³/mol. The molecule has 1 aliphatic rings. The highest BCUT2D eigenvalue weighted by Gasteiger charge is 2.43. The number of imide groups is 1. The summed E-state index contributed by atoms with van der Waals surface area (Å²) in [6.45, 7) is 4.67. The van der Waals surface area contributed by atoms with E-state index in [4.69, 9.17) is 4.74 Å². The number of carbonyl (C=O) groups excluding carboxylic acids is 2. The van der Waals surface area contributed by atoms with E-state index >= 15 is 0 Å². The van der Waals surface area contributed by atoms with E-state index in [2.05, 4.69) is 6.92 Å². The number of hydrogen-bond donors (Lipinski definition) is 0. The molecule has 0 unspecified atom stereocenters. The fourth-order valence-electron chi connectivity index (χ4n) is 4.37. The number of likely N-dealkylation sites (N-methyl/N-ethyl adjacent to an activating group) is 1. The maximum absolute atomic E-state index is 13.9. The molecular weight excluding hydrogens is 424 g/mol. The molecule has 5 heteroatoms. The van der Waals surface area contributed by atoms with Gasteiger partial charge in [0.15, 0.2) is 0 Å². The number of hydrogen-bond acceptors (Lipinski definition) is 4. The van der Waals surface area contributed by atoms with Crippen LogP contribution in [0.3, 0.4) is 0 Å². The van der Waals surface area contributed by atoms with Crippen molar-refractivity contribution in [2.75, 3.05) is 23.5 Å². The molecule has 0 bridgehead atoms. The minimum Gasteiger partial charge on any atom is -0.496 e. The number of carbonyl (C=O) groups is 2. The van der Waals surface area contributed by atoms with Crippen molar-refractivity contribution in [2.45, 2.75) is 33.1 Å². The normalized spacial score (nSPS) is 13.6. The summed E-state index contributed by atoms with van der Waals surface area (Å²) < 4.78 is 5.57. The molecule has 1 aliphatic heterocycles. The van der Waals surface area contributed by atoms with E-state index in [0.29, 0.717) is 34.8 Å². The van der Waals surface area contributed by atoms with Crippen molar-refractivity contribution in [3.05, 3.63) is 95.7 Å². The Kier molecular flexibility index (Phi) is 7.12. The molecule has 2 amide bonds. The van der Waals surface area contributed by atoms with Crippen LogP contribution in [0, 0.1) is 0 Å². The first kappa shape index (κ1) is 23.3. The van der Waals surface area contributed by atoms with Gasteiger partial charge < -0.3 is 9.64 Å². The van der Waals surface area contributed by atoms with Gasteiger partial charge in [0.25, 0.3) is 11.8 Å². The van der Waals surface area contributed by atoms with Crippen molar-refractivity contribution >= 4 is 28.8 Å². The van der Waals surface area contributed by atoms with Crippen LogP contribution in [0.1, 0.15) is 37.8 Å². The van der Waals surface area contributed by atoms with Gasteiger partial charge in [-0.05, 0) is 55.7 Å². The van der Waals surface area contributed by atoms with Crippen molar-refractivity contribution in [3.63, 3.8) is 0 Å². The molecule has 0 saturated carbocycles. The van der Waals surface area contributed by atoms with E-state index < -0.39 is 0 Å². The Morgan fingerprint density at radius 2 is 1.50 bits per heavy atom. The van der Waals surface area contributed by atoms with Crippen molar-refractivity contribution in [1.82, 2.24) is 0 Å². The number of benzene rings is 3. The number of aryl methyl sites for hydroxylation is 1. The van der Waals surface area contributed by atoms with E-state index in [0.717, 1.165) is 24.9 Å². The van der Waals surface area contributed by atoms with Gasteiger partial charge in [0.05, 0.1) is 18.4 Å². The predicted octanol–water partition coefficient (Wildman–Crippen LogP) is 5.85. The third-order valence-corrected chi connectivity index (χ3v) is 6.10. The Hall–Kier alpha value is -3.86. The number of anilines is 2. The third kappa shape index (κ3) is 4.34. The number of rotatable bonds is 9. The molecule has 0 saturated heterocycles. The molecule has 174 valence electrons. The van der Waals surface area contributed by atoms with E-state index in [1.807, 2.05) is 90.7 Å². The number of ether oxygens (including phenoxy) is 1. The summed E-state index contributed by atoms with van der Waals surface area (Å²) in [5.74, 6) is -0.130. The van der Waals surface area contributed by atoms with Gasteiger partial charge in [0.2, 0.25) is 0 Å². The lowest BCUT2D eigenvalue weighted by Crippen LogP contribution is -2.35. The van der Waals surface area contributed by atoms with Crippen LogP contribution in [0.2, 0.25) is 0 Å². The average molecular weight is 455 g/mol. The zero-order valence-corrected chi connectivity index (χ0v) is 20.0. The Labute approximate surface area is 201 Å². The largest absolute Gasteiger partial charge is 0.496 e. The minimum absolute atomic E-state index is 0.335. The molecular formula is C29H30N2O3. The van der Waals surface area contributed by atoms with Crippen LogP contribution in [0.25, 0.3) is 5.57 Å². The molecule has 0 radical (unpaired) electrons. The molecule has 0 atom stereocenters. The zero-order valence-electron chi connectivity index (χ0n) is 20.0. The monoisotopic (exact) mass is 454 g/mol. The van der Waals surface area contributed by atoms with E-state index in [1.165, 1.54) is 10.5 Å². The molecule has 0 spiro atoms. The fourth-order valence-corrected chi connectivity index (χ4v) is 4.37. The first-order chi connectivity index (χ1) is 16.6. The van der Waals surface area contributed by atoms with Crippen molar-refractivity contribution in [1.29, 1.82) is 0 Å². The minimum atomic E-state index is -0.347. The Morgan fingerprint density at radius 1 is 0.824 bits per heavy atom. The van der Waals surface area contributed by atoms with Crippen LogP contribution >= 0.6 is 0 Å². The number of nitrogens with zero attached hydrogens (tertiary/aromatic N) is 2. The van der Waals surface area contributed by atoms with Gasteiger partial charge >= 0.3 is 0 Å². The quantitative estimate of drug-likeness (QED) is 0.381. The summed E-state index contributed by atoms with van der Waals surface area (Å²) in [4.78, 5) is 30.9. The number of para-hydroxylation sites is 2. The van der Waals surface area contributed by atoms with Crippen LogP contribution < -0.4 is 14.5 Å². The van der Waals surface area contributed by atoms with Crippen LogP contribution in [-0.4, -0.2) is 25.5 Å².